The molecule has 7 nitrogen and oxygen atoms in total. The van der Waals surface area contributed by atoms with Crippen LogP contribution in [0.3, 0.4) is 0 Å². The fraction of sp³-hybridized carbons (Fsp3) is 0.297. The van der Waals surface area contributed by atoms with E-state index < -0.39 is 0 Å². The van der Waals surface area contributed by atoms with Crippen LogP contribution in [0.4, 0.5) is 5.82 Å². The molecule has 1 atom stereocenters. The molecule has 230 valence electrons. The van der Waals surface area contributed by atoms with Crippen molar-refractivity contribution < 1.29 is 4.74 Å². The van der Waals surface area contributed by atoms with Crippen molar-refractivity contribution in [1.82, 2.24) is 14.5 Å². The zero-order valence-electron chi connectivity index (χ0n) is 26.6. The van der Waals surface area contributed by atoms with Crippen LogP contribution in [0.5, 0.6) is 0 Å². The summed E-state index contributed by atoms with van der Waals surface area (Å²) in [5.41, 5.74) is 9.71. The van der Waals surface area contributed by atoms with Crippen LogP contribution in [0.2, 0.25) is 5.02 Å². The van der Waals surface area contributed by atoms with Gasteiger partial charge in [-0.25, -0.2) is 15.0 Å². The number of hydrogen-bond donors (Lipinski definition) is 0. The molecule has 4 aromatic rings. The van der Waals surface area contributed by atoms with Crippen molar-refractivity contribution >= 4 is 17.4 Å². The molecule has 0 saturated carbocycles. The summed E-state index contributed by atoms with van der Waals surface area (Å²) in [4.78, 5) is 16.9. The summed E-state index contributed by atoms with van der Waals surface area (Å²) >= 11 is 7.18. The molecule has 1 saturated heterocycles. The third-order valence-electron chi connectivity index (χ3n) is 8.59. The highest BCUT2D eigenvalue weighted by Gasteiger charge is 2.32. The first-order valence-corrected chi connectivity index (χ1v) is 15.7. The Kier molecular flexibility index (Phi) is 9.85. The second-order valence-corrected chi connectivity index (χ2v) is 11.8. The van der Waals surface area contributed by atoms with E-state index in [1.165, 1.54) is 0 Å². The average Bonchev–Trinajstić information content (AvgIpc) is 3.04. The molecule has 1 aliphatic rings. The van der Waals surface area contributed by atoms with E-state index in [0.29, 0.717) is 18.1 Å². The second kappa shape index (κ2) is 14.0. The van der Waals surface area contributed by atoms with Gasteiger partial charge >= 0.3 is 0 Å². The number of rotatable bonds is 10. The Hall–Kier alpha value is -4.67. The number of benzene rings is 2. The number of halogens is 1. The van der Waals surface area contributed by atoms with E-state index in [1.54, 1.807) is 6.26 Å². The molecule has 1 fully saturated rings. The summed E-state index contributed by atoms with van der Waals surface area (Å²) in [6.45, 7) is 13.7. The van der Waals surface area contributed by atoms with Gasteiger partial charge in [-0.3, -0.25) is 0 Å². The summed E-state index contributed by atoms with van der Waals surface area (Å²) in [6, 6.07) is 16.5. The van der Waals surface area contributed by atoms with Crippen molar-refractivity contribution in [1.29, 1.82) is 5.26 Å². The van der Waals surface area contributed by atoms with E-state index in [4.69, 9.17) is 36.6 Å². The van der Waals surface area contributed by atoms with Crippen LogP contribution in [-0.4, -0.2) is 33.7 Å². The summed E-state index contributed by atoms with van der Waals surface area (Å²) in [7, 11) is 1.98. The molecule has 0 bridgehead atoms. The number of nitriles is 1. The number of anilines is 1. The van der Waals surface area contributed by atoms with E-state index in [0.717, 1.165) is 74.5 Å². The lowest BCUT2D eigenvalue weighted by Gasteiger charge is -2.39. The first-order valence-electron chi connectivity index (χ1n) is 15.4. The first kappa shape index (κ1) is 31.7. The zero-order valence-corrected chi connectivity index (χ0v) is 27.3. The van der Waals surface area contributed by atoms with Gasteiger partial charge in [0.1, 0.15) is 11.6 Å². The fourth-order valence-electron chi connectivity index (χ4n) is 5.51. The molecule has 0 aliphatic carbocycles. The Morgan fingerprint density at radius 2 is 1.87 bits per heavy atom. The van der Waals surface area contributed by atoms with Crippen LogP contribution in [0.1, 0.15) is 50.8 Å². The number of nitrogens with zero attached hydrogens (tertiary/aromatic N) is 6. The number of allylic oxidation sites excluding steroid dienone is 2. The minimum absolute atomic E-state index is 0.0941. The molecule has 2 aromatic carbocycles. The van der Waals surface area contributed by atoms with E-state index in [-0.39, 0.29) is 12.0 Å². The van der Waals surface area contributed by atoms with E-state index >= 15 is 0 Å². The van der Waals surface area contributed by atoms with Crippen LogP contribution >= 0.6 is 11.6 Å². The number of hydrogen-bond acceptors (Lipinski definition) is 6. The number of aromatic nitrogens is 3. The summed E-state index contributed by atoms with van der Waals surface area (Å²) in [5.74, 6) is 1.09. The van der Waals surface area contributed by atoms with Gasteiger partial charge in [-0.05, 0) is 54.2 Å². The molecular formula is C37H39ClN6O. The van der Waals surface area contributed by atoms with Gasteiger partial charge in [-0.15, -0.1) is 0 Å². The highest BCUT2D eigenvalue weighted by molar-refractivity contribution is 6.36. The van der Waals surface area contributed by atoms with Crippen molar-refractivity contribution in [3.8, 4) is 39.8 Å². The number of ether oxygens (including phenoxy) is 1. The van der Waals surface area contributed by atoms with Gasteiger partial charge < -0.3 is 14.2 Å². The molecule has 5 rings (SSSR count). The van der Waals surface area contributed by atoms with Crippen LogP contribution in [0, 0.1) is 18.4 Å². The van der Waals surface area contributed by atoms with Gasteiger partial charge in [0.15, 0.2) is 5.82 Å². The molecule has 0 amide bonds. The Morgan fingerprint density at radius 1 is 1.16 bits per heavy atom. The third kappa shape index (κ3) is 6.57. The van der Waals surface area contributed by atoms with Crippen molar-refractivity contribution in [2.75, 3.05) is 18.0 Å². The number of pyridine rings is 1. The Morgan fingerprint density at radius 3 is 2.56 bits per heavy atom. The first-order chi connectivity index (χ1) is 21.8. The predicted molar refractivity (Wildman–Crippen MR) is 183 cm³/mol. The van der Waals surface area contributed by atoms with E-state index in [1.807, 2.05) is 48.4 Å². The van der Waals surface area contributed by atoms with E-state index in [9.17, 15) is 0 Å². The normalized spacial score (nSPS) is 14.6. The minimum Gasteiger partial charge on any atom is -0.420 e. The Labute approximate surface area is 270 Å². The molecule has 1 aliphatic heterocycles. The maximum absolute atomic E-state index is 8.86. The Bertz CT molecular complexity index is 1860. The molecule has 2 aromatic heterocycles. The van der Waals surface area contributed by atoms with Crippen molar-refractivity contribution in [3.63, 3.8) is 0 Å². The lowest BCUT2D eigenvalue weighted by molar-refractivity contribution is 0.130. The molecule has 0 spiro atoms. The maximum Gasteiger partial charge on any atom is 0.286 e. The minimum atomic E-state index is -0.0941. The van der Waals surface area contributed by atoms with E-state index in [2.05, 4.69) is 75.6 Å². The van der Waals surface area contributed by atoms with Gasteiger partial charge in [0, 0.05) is 42.1 Å². The van der Waals surface area contributed by atoms with Gasteiger partial charge in [0.05, 0.1) is 35.7 Å². The highest BCUT2D eigenvalue weighted by Crippen LogP contribution is 2.40. The SMILES string of the molecule is C=C/C(=C\N=c1cc(-c2cccc(-c3cccc(-c4cnc(N5CC(OC#N)C5)c(C(C)CC)n4)c3C)c2Cl)ccn1C)CC. The van der Waals surface area contributed by atoms with Gasteiger partial charge in [0.25, 0.3) is 6.26 Å². The average molecular weight is 619 g/mol. The van der Waals surface area contributed by atoms with Crippen LogP contribution in [0.15, 0.2) is 90.3 Å². The molecule has 1 unspecified atom stereocenters. The summed E-state index contributed by atoms with van der Waals surface area (Å²) < 4.78 is 7.09. The maximum atomic E-state index is 8.86. The van der Waals surface area contributed by atoms with Crippen LogP contribution in [0.25, 0.3) is 33.5 Å². The van der Waals surface area contributed by atoms with Gasteiger partial charge in [0.2, 0.25) is 0 Å². The standard InChI is InChI=1S/C37H39ClN6O/c1-7-24(4)36-37(44-21-28(22-44)45-23-39)41-20-33(42-36)30-13-10-12-29(25(30)5)32-15-11-14-31(35(32)38)27-16-17-43(6)34(18-27)40-19-26(8-2)9-3/h8,10-20,24,28H,2,7,9,21-22H2,1,3-6H3/b26-19+,40-34?. The summed E-state index contributed by atoms with van der Waals surface area (Å²) in [5, 5.41) is 9.54. The van der Waals surface area contributed by atoms with Crippen molar-refractivity contribution in [3.05, 3.63) is 107 Å². The largest absolute Gasteiger partial charge is 0.420 e. The topological polar surface area (TPSA) is 79.3 Å². The van der Waals surface area contributed by atoms with Crippen LogP contribution < -0.4 is 10.4 Å². The van der Waals surface area contributed by atoms with Crippen molar-refractivity contribution in [2.45, 2.75) is 52.6 Å². The third-order valence-corrected chi connectivity index (χ3v) is 9.00. The highest BCUT2D eigenvalue weighted by atomic mass is 35.5. The summed E-state index contributed by atoms with van der Waals surface area (Å²) in [6.07, 6.45) is 11.1. The molecule has 3 heterocycles. The van der Waals surface area contributed by atoms with Gasteiger partial charge in [-0.2, -0.15) is 5.26 Å². The molecular weight excluding hydrogens is 580 g/mol. The lowest BCUT2D eigenvalue weighted by atomic mass is 9.92. The predicted octanol–water partition coefficient (Wildman–Crippen LogP) is 8.36. The molecule has 8 heteroatoms. The molecule has 45 heavy (non-hydrogen) atoms. The smallest absolute Gasteiger partial charge is 0.286 e. The fourth-order valence-corrected chi connectivity index (χ4v) is 5.85. The molecule has 0 N–H and O–H groups in total. The van der Waals surface area contributed by atoms with Crippen molar-refractivity contribution in [2.24, 2.45) is 12.0 Å². The second-order valence-electron chi connectivity index (χ2n) is 11.4. The lowest BCUT2D eigenvalue weighted by Crippen LogP contribution is -2.52. The quantitative estimate of drug-likeness (QED) is 0.132. The van der Waals surface area contributed by atoms with Crippen LogP contribution in [-0.2, 0) is 11.8 Å². The molecule has 0 radical (unpaired) electrons. The van der Waals surface area contributed by atoms with Gasteiger partial charge in [-0.1, -0.05) is 81.4 Å². The zero-order chi connectivity index (χ0) is 32.1. The monoisotopic (exact) mass is 618 g/mol. The number of aryl methyl sites for hydroxylation is 1. The Balaban J connectivity index is 1.53.